The zero-order chi connectivity index (χ0) is 28.8. The van der Waals surface area contributed by atoms with Gasteiger partial charge in [0.15, 0.2) is 0 Å². The van der Waals surface area contributed by atoms with Gasteiger partial charge in [0.1, 0.15) is 0 Å². The molecule has 0 N–H and O–H groups in total. The quantitative estimate of drug-likeness (QED) is 0.186. The van der Waals surface area contributed by atoms with Crippen molar-refractivity contribution < 1.29 is 0 Å². The van der Waals surface area contributed by atoms with Crippen molar-refractivity contribution in [3.63, 3.8) is 0 Å². The molecule has 0 aliphatic rings. The average Bonchev–Trinajstić information content (AvgIpc) is 3.07. The molecule has 0 atom stereocenters. The second-order valence-corrected chi connectivity index (χ2v) is 11.4. The molecule has 8 aromatic rings. The number of fused-ring (bicyclic) bond motifs is 3. The van der Waals surface area contributed by atoms with Crippen LogP contribution >= 0.6 is 11.6 Å². The highest BCUT2D eigenvalue weighted by atomic mass is 35.5. The lowest BCUT2D eigenvalue weighted by molar-refractivity contribution is 1.60. The predicted octanol–water partition coefficient (Wildman–Crippen LogP) is 12.5. The second-order valence-electron chi connectivity index (χ2n) is 11.0. The van der Waals surface area contributed by atoms with Crippen molar-refractivity contribution in [2.45, 2.75) is 0 Å². The molecule has 8 rings (SSSR count). The molecule has 1 heteroatoms. The molecule has 0 aromatic heterocycles. The predicted molar refractivity (Wildman–Crippen MR) is 186 cm³/mol. The third-order valence-corrected chi connectivity index (χ3v) is 8.83. The number of rotatable bonds is 4. The maximum Gasteiger partial charge on any atom is 0.0491 e. The molecular formula is C42H27Cl. The summed E-state index contributed by atoms with van der Waals surface area (Å²) in [6.45, 7) is 0. The first kappa shape index (κ1) is 25.5. The van der Waals surface area contributed by atoms with Gasteiger partial charge < -0.3 is 0 Å². The van der Waals surface area contributed by atoms with E-state index in [0.717, 1.165) is 21.5 Å². The monoisotopic (exact) mass is 566 g/mol. The molecule has 0 amide bonds. The lowest BCUT2D eigenvalue weighted by atomic mass is 9.84. The van der Waals surface area contributed by atoms with Crippen LogP contribution in [0.2, 0.25) is 5.02 Å². The van der Waals surface area contributed by atoms with Crippen LogP contribution in [0, 0.1) is 0 Å². The van der Waals surface area contributed by atoms with E-state index in [1.165, 1.54) is 60.3 Å². The molecule has 0 fully saturated rings. The van der Waals surface area contributed by atoms with Crippen molar-refractivity contribution in [1.82, 2.24) is 0 Å². The van der Waals surface area contributed by atoms with Gasteiger partial charge in [-0.25, -0.2) is 0 Å². The van der Waals surface area contributed by atoms with Crippen molar-refractivity contribution in [1.29, 1.82) is 0 Å². The van der Waals surface area contributed by atoms with Crippen molar-refractivity contribution in [2.75, 3.05) is 0 Å². The first-order chi connectivity index (χ1) is 21.3. The summed E-state index contributed by atoms with van der Waals surface area (Å²) < 4.78 is 0. The van der Waals surface area contributed by atoms with Crippen LogP contribution in [-0.2, 0) is 0 Å². The van der Waals surface area contributed by atoms with E-state index in [1.54, 1.807) is 0 Å². The van der Waals surface area contributed by atoms with Crippen LogP contribution in [-0.4, -0.2) is 0 Å². The van der Waals surface area contributed by atoms with E-state index < -0.39 is 0 Å². The molecule has 0 nitrogen and oxygen atoms in total. The van der Waals surface area contributed by atoms with Gasteiger partial charge in [-0.15, -0.1) is 0 Å². The Balaban J connectivity index is 1.47. The van der Waals surface area contributed by atoms with Gasteiger partial charge in [-0.1, -0.05) is 157 Å². The molecule has 43 heavy (non-hydrogen) atoms. The Kier molecular flexibility index (Phi) is 6.29. The minimum Gasteiger partial charge on any atom is -0.0836 e. The third kappa shape index (κ3) is 4.39. The van der Waals surface area contributed by atoms with Gasteiger partial charge in [-0.05, 0) is 89.5 Å². The van der Waals surface area contributed by atoms with E-state index in [-0.39, 0.29) is 0 Å². The van der Waals surface area contributed by atoms with Gasteiger partial charge in [0.05, 0.1) is 0 Å². The van der Waals surface area contributed by atoms with Gasteiger partial charge in [0.25, 0.3) is 0 Å². The highest BCUT2D eigenvalue weighted by molar-refractivity contribution is 6.35. The first-order valence-electron chi connectivity index (χ1n) is 14.6. The van der Waals surface area contributed by atoms with Crippen LogP contribution in [0.4, 0.5) is 0 Å². The van der Waals surface area contributed by atoms with Crippen molar-refractivity contribution in [3.8, 4) is 44.5 Å². The van der Waals surface area contributed by atoms with E-state index in [1.807, 2.05) is 0 Å². The maximum atomic E-state index is 7.30. The first-order valence-corrected chi connectivity index (χ1v) is 15.0. The summed E-state index contributed by atoms with van der Waals surface area (Å²) in [4.78, 5) is 0. The topological polar surface area (TPSA) is 0 Å². The lowest BCUT2D eigenvalue weighted by Crippen LogP contribution is -1.93. The molecule has 0 unspecified atom stereocenters. The van der Waals surface area contributed by atoms with Crippen molar-refractivity contribution in [2.24, 2.45) is 0 Å². The normalized spacial score (nSPS) is 11.4. The van der Waals surface area contributed by atoms with Gasteiger partial charge >= 0.3 is 0 Å². The number of hydrogen-bond acceptors (Lipinski definition) is 0. The van der Waals surface area contributed by atoms with Crippen LogP contribution in [0.3, 0.4) is 0 Å². The van der Waals surface area contributed by atoms with Crippen LogP contribution in [0.15, 0.2) is 164 Å². The fourth-order valence-electron chi connectivity index (χ4n) is 6.56. The van der Waals surface area contributed by atoms with Gasteiger partial charge in [0, 0.05) is 10.6 Å². The smallest absolute Gasteiger partial charge is 0.0491 e. The van der Waals surface area contributed by atoms with E-state index in [4.69, 9.17) is 11.6 Å². The van der Waals surface area contributed by atoms with Crippen LogP contribution in [0.1, 0.15) is 0 Å². The summed E-state index contributed by atoms with van der Waals surface area (Å²) in [5.74, 6) is 0. The second kappa shape index (κ2) is 10.6. The van der Waals surface area contributed by atoms with Crippen molar-refractivity contribution in [3.05, 3.63) is 169 Å². The molecule has 0 bridgehead atoms. The number of halogens is 1. The van der Waals surface area contributed by atoms with Crippen LogP contribution in [0.5, 0.6) is 0 Å². The van der Waals surface area contributed by atoms with Gasteiger partial charge in [-0.2, -0.15) is 0 Å². The number of hydrogen-bond donors (Lipinski definition) is 0. The third-order valence-electron chi connectivity index (χ3n) is 8.51. The van der Waals surface area contributed by atoms with E-state index in [0.29, 0.717) is 0 Å². The zero-order valence-corrected chi connectivity index (χ0v) is 24.2. The van der Waals surface area contributed by atoms with Crippen LogP contribution < -0.4 is 0 Å². The summed E-state index contributed by atoms with van der Waals surface area (Å²) in [5.41, 5.74) is 9.32. The minimum absolute atomic E-state index is 0.743. The molecule has 0 saturated heterocycles. The standard InChI is InChI=1S/C42H27Cl/c43-40-27-39-38(26-37(40)34-20-10-9-19-33(34)32-24-23-28-13-7-8-18-31(28)25-32)41(29-14-3-1-4-15-29)35-21-11-12-22-36(35)42(39)30-16-5-2-6-17-30/h1-27H. The summed E-state index contributed by atoms with van der Waals surface area (Å²) in [6, 6.07) is 58.5. The van der Waals surface area contributed by atoms with E-state index in [9.17, 15) is 0 Å². The summed E-state index contributed by atoms with van der Waals surface area (Å²) in [7, 11) is 0. The van der Waals surface area contributed by atoms with Crippen molar-refractivity contribution >= 4 is 43.9 Å². The summed E-state index contributed by atoms with van der Waals surface area (Å²) >= 11 is 7.30. The molecule has 202 valence electrons. The zero-order valence-electron chi connectivity index (χ0n) is 23.5. The number of benzene rings is 8. The Morgan fingerprint density at radius 2 is 0.814 bits per heavy atom. The van der Waals surface area contributed by atoms with Gasteiger partial charge in [-0.3, -0.25) is 0 Å². The Bertz CT molecular complexity index is 2280. The SMILES string of the molecule is Clc1cc2c(-c3ccccc3)c3ccccc3c(-c3ccccc3)c2cc1-c1ccccc1-c1ccc2ccccc2c1. The fourth-order valence-corrected chi connectivity index (χ4v) is 6.83. The Hall–Kier alpha value is -5.17. The molecular weight excluding hydrogens is 540 g/mol. The Morgan fingerprint density at radius 1 is 0.302 bits per heavy atom. The minimum atomic E-state index is 0.743. The van der Waals surface area contributed by atoms with E-state index in [2.05, 4.69) is 164 Å². The van der Waals surface area contributed by atoms with Gasteiger partial charge in [0.2, 0.25) is 0 Å². The summed E-state index contributed by atoms with van der Waals surface area (Å²) in [6.07, 6.45) is 0. The average molecular weight is 567 g/mol. The Morgan fingerprint density at radius 3 is 1.47 bits per heavy atom. The highest BCUT2D eigenvalue weighted by Crippen LogP contribution is 2.47. The fraction of sp³-hybridized carbons (Fsp3) is 0. The highest BCUT2D eigenvalue weighted by Gasteiger charge is 2.20. The lowest BCUT2D eigenvalue weighted by Gasteiger charge is -2.20. The van der Waals surface area contributed by atoms with Crippen LogP contribution in [0.25, 0.3) is 76.8 Å². The summed E-state index contributed by atoms with van der Waals surface area (Å²) in [5, 5.41) is 8.01. The molecule has 0 aliphatic heterocycles. The molecule has 0 heterocycles. The molecule has 0 saturated carbocycles. The molecule has 0 aliphatic carbocycles. The molecule has 0 spiro atoms. The molecule has 0 radical (unpaired) electrons. The largest absolute Gasteiger partial charge is 0.0836 e. The maximum absolute atomic E-state index is 7.30. The van der Waals surface area contributed by atoms with E-state index >= 15 is 0 Å². The Labute approximate surface area is 256 Å². The molecule has 8 aromatic carbocycles.